The molecule has 0 aromatic rings. The summed E-state index contributed by atoms with van der Waals surface area (Å²) in [6.07, 6.45) is 9.81. The molecule has 0 spiro atoms. The molecular weight excluding hydrogens is 370 g/mol. The van der Waals surface area contributed by atoms with E-state index in [4.69, 9.17) is 9.47 Å². The van der Waals surface area contributed by atoms with E-state index in [-0.39, 0.29) is 24.5 Å². The van der Waals surface area contributed by atoms with Gasteiger partial charge in [0.2, 0.25) is 0 Å². The standard InChI is InChI=1S/C23H37NO5/c1-18-21(26)24-15-11-10-13-19(24)22(27)28-16-12-8-6-4-5-7-9-14-20(25)29-17-23(18,2)3/h19H,1,4-17H2,2-3H3/t19-/m0/s1. The largest absolute Gasteiger partial charge is 0.465 e. The number of cyclic esters (lactones) is 2. The van der Waals surface area contributed by atoms with Crippen molar-refractivity contribution in [2.45, 2.75) is 90.5 Å². The minimum atomic E-state index is -0.693. The SMILES string of the molecule is C=C1C(=O)N2CCCC[C@H]2C(=O)OCCCCCCCCCC(=O)OCC1(C)C. The van der Waals surface area contributed by atoms with Gasteiger partial charge in [-0.05, 0) is 32.1 Å². The highest BCUT2D eigenvalue weighted by atomic mass is 16.5. The maximum Gasteiger partial charge on any atom is 0.328 e. The van der Waals surface area contributed by atoms with Crippen molar-refractivity contribution < 1.29 is 23.9 Å². The lowest BCUT2D eigenvalue weighted by atomic mass is 9.84. The molecule has 1 atom stereocenters. The number of hydrogen-bond acceptors (Lipinski definition) is 5. The Hall–Kier alpha value is -1.85. The summed E-state index contributed by atoms with van der Waals surface area (Å²) in [6.45, 7) is 8.73. The third-order valence-electron chi connectivity index (χ3n) is 5.97. The molecule has 0 saturated carbocycles. The van der Waals surface area contributed by atoms with E-state index in [0.29, 0.717) is 31.6 Å². The number of ether oxygens (including phenoxy) is 2. The van der Waals surface area contributed by atoms with Crippen LogP contribution in [0.25, 0.3) is 0 Å². The van der Waals surface area contributed by atoms with Crippen LogP contribution < -0.4 is 0 Å². The molecule has 0 radical (unpaired) electrons. The Morgan fingerprint density at radius 3 is 2.28 bits per heavy atom. The van der Waals surface area contributed by atoms with Gasteiger partial charge in [0.25, 0.3) is 5.91 Å². The first-order chi connectivity index (χ1) is 13.8. The van der Waals surface area contributed by atoms with Crippen LogP contribution in [0.4, 0.5) is 0 Å². The van der Waals surface area contributed by atoms with Crippen LogP contribution in [-0.2, 0) is 23.9 Å². The number of nitrogens with zero attached hydrogens (tertiary/aromatic N) is 1. The lowest BCUT2D eigenvalue weighted by Gasteiger charge is -2.37. The van der Waals surface area contributed by atoms with Crippen molar-refractivity contribution >= 4 is 17.8 Å². The van der Waals surface area contributed by atoms with Gasteiger partial charge >= 0.3 is 11.9 Å². The Bertz CT molecular complexity index is 598. The molecule has 2 saturated heterocycles. The van der Waals surface area contributed by atoms with Gasteiger partial charge in [-0.3, -0.25) is 9.59 Å². The van der Waals surface area contributed by atoms with E-state index in [0.717, 1.165) is 57.8 Å². The lowest BCUT2D eigenvalue weighted by Crippen LogP contribution is -2.50. The molecule has 6 nitrogen and oxygen atoms in total. The van der Waals surface area contributed by atoms with Crippen molar-refractivity contribution in [3.63, 3.8) is 0 Å². The monoisotopic (exact) mass is 407 g/mol. The number of hydrogen-bond donors (Lipinski definition) is 0. The molecular formula is C23H37NO5. The maximum absolute atomic E-state index is 13.1. The maximum atomic E-state index is 13.1. The van der Waals surface area contributed by atoms with E-state index in [1.54, 1.807) is 4.90 Å². The Kier molecular flexibility index (Phi) is 9.18. The molecule has 0 N–H and O–H groups in total. The Balaban J connectivity index is 2.09. The van der Waals surface area contributed by atoms with Crippen molar-refractivity contribution in [2.24, 2.45) is 5.41 Å². The van der Waals surface area contributed by atoms with E-state index in [1.807, 2.05) is 13.8 Å². The van der Waals surface area contributed by atoms with E-state index in [9.17, 15) is 14.4 Å². The van der Waals surface area contributed by atoms with Crippen LogP contribution in [0.3, 0.4) is 0 Å². The second kappa shape index (κ2) is 11.4. The zero-order valence-corrected chi connectivity index (χ0v) is 18.2. The normalized spacial score (nSPS) is 26.4. The molecule has 2 fully saturated rings. The quantitative estimate of drug-likeness (QED) is 0.445. The average Bonchev–Trinajstić information content (AvgIpc) is 2.71. The summed E-state index contributed by atoms with van der Waals surface area (Å²) in [5, 5.41) is 0. The summed E-state index contributed by atoms with van der Waals surface area (Å²) in [5.41, 5.74) is -0.329. The highest BCUT2D eigenvalue weighted by molar-refractivity contribution is 5.96. The molecule has 2 rings (SSSR count). The lowest BCUT2D eigenvalue weighted by molar-refractivity contribution is -0.156. The summed E-state index contributed by atoms with van der Waals surface area (Å²) in [6, 6.07) is -0.548. The van der Waals surface area contributed by atoms with Crippen LogP contribution in [0.15, 0.2) is 12.2 Å². The smallest absolute Gasteiger partial charge is 0.328 e. The molecule has 2 heterocycles. The van der Waals surface area contributed by atoms with Crippen LogP contribution >= 0.6 is 0 Å². The summed E-state index contributed by atoms with van der Waals surface area (Å²) >= 11 is 0. The fourth-order valence-corrected chi connectivity index (χ4v) is 3.83. The van der Waals surface area contributed by atoms with Gasteiger partial charge < -0.3 is 14.4 Å². The minimum Gasteiger partial charge on any atom is -0.465 e. The molecule has 0 aromatic heterocycles. The van der Waals surface area contributed by atoms with Crippen LogP contribution in [-0.4, -0.2) is 48.5 Å². The Morgan fingerprint density at radius 1 is 0.897 bits per heavy atom. The number of rotatable bonds is 0. The summed E-state index contributed by atoms with van der Waals surface area (Å²) in [5.74, 6) is -0.783. The molecule has 6 heteroatoms. The molecule has 0 aliphatic carbocycles. The number of fused-ring (bicyclic) bond motifs is 1. The highest BCUT2D eigenvalue weighted by Gasteiger charge is 2.38. The first-order valence-corrected chi connectivity index (χ1v) is 11.2. The second-order valence-electron chi connectivity index (χ2n) is 8.93. The third kappa shape index (κ3) is 7.16. The van der Waals surface area contributed by atoms with Crippen molar-refractivity contribution in [2.75, 3.05) is 19.8 Å². The molecule has 2 aliphatic heterocycles. The molecule has 0 unspecified atom stereocenters. The second-order valence-corrected chi connectivity index (χ2v) is 8.93. The summed E-state index contributed by atoms with van der Waals surface area (Å²) in [4.78, 5) is 39.4. The van der Waals surface area contributed by atoms with Gasteiger partial charge in [-0.25, -0.2) is 4.79 Å². The average molecular weight is 408 g/mol. The zero-order chi connectivity index (χ0) is 21.3. The molecule has 2 aliphatic rings. The number of carbonyl (C=O) groups is 3. The predicted molar refractivity (Wildman–Crippen MR) is 111 cm³/mol. The number of amides is 1. The van der Waals surface area contributed by atoms with Gasteiger partial charge in [0.15, 0.2) is 0 Å². The van der Waals surface area contributed by atoms with Crippen LogP contribution in [0.1, 0.15) is 84.5 Å². The Morgan fingerprint density at radius 2 is 1.55 bits per heavy atom. The minimum absolute atomic E-state index is 0.110. The van der Waals surface area contributed by atoms with Gasteiger partial charge in [-0.1, -0.05) is 52.5 Å². The van der Waals surface area contributed by atoms with Crippen LogP contribution in [0.5, 0.6) is 0 Å². The fraction of sp³-hybridized carbons (Fsp3) is 0.783. The third-order valence-corrected chi connectivity index (χ3v) is 5.97. The van der Waals surface area contributed by atoms with Crippen molar-refractivity contribution in [3.8, 4) is 0 Å². The molecule has 0 bridgehead atoms. The molecule has 29 heavy (non-hydrogen) atoms. The first-order valence-electron chi connectivity index (χ1n) is 11.2. The summed E-state index contributed by atoms with van der Waals surface area (Å²) in [7, 11) is 0. The molecule has 164 valence electrons. The van der Waals surface area contributed by atoms with Gasteiger partial charge in [0.1, 0.15) is 12.6 Å². The van der Waals surface area contributed by atoms with Crippen LogP contribution in [0.2, 0.25) is 0 Å². The van der Waals surface area contributed by atoms with Crippen molar-refractivity contribution in [3.05, 3.63) is 12.2 Å². The van der Waals surface area contributed by atoms with Gasteiger partial charge in [-0.2, -0.15) is 0 Å². The summed E-state index contributed by atoms with van der Waals surface area (Å²) < 4.78 is 10.9. The van der Waals surface area contributed by atoms with Gasteiger partial charge in [0.05, 0.1) is 6.61 Å². The topological polar surface area (TPSA) is 72.9 Å². The van der Waals surface area contributed by atoms with E-state index >= 15 is 0 Å². The highest BCUT2D eigenvalue weighted by Crippen LogP contribution is 2.30. The van der Waals surface area contributed by atoms with Crippen molar-refractivity contribution in [1.29, 1.82) is 0 Å². The van der Waals surface area contributed by atoms with Gasteiger partial charge in [0, 0.05) is 24.0 Å². The predicted octanol–water partition coefficient (Wildman–Crippen LogP) is 4.17. The number of piperidine rings is 1. The zero-order valence-electron chi connectivity index (χ0n) is 18.2. The van der Waals surface area contributed by atoms with Crippen LogP contribution in [0, 0.1) is 5.41 Å². The van der Waals surface area contributed by atoms with E-state index < -0.39 is 11.5 Å². The molecule has 0 aromatic carbocycles. The number of esters is 2. The van der Waals surface area contributed by atoms with Gasteiger partial charge in [-0.15, -0.1) is 0 Å². The molecule has 1 amide bonds. The fourth-order valence-electron chi connectivity index (χ4n) is 3.83. The number of carbonyl (C=O) groups excluding carboxylic acids is 3. The van der Waals surface area contributed by atoms with Crippen molar-refractivity contribution in [1.82, 2.24) is 4.90 Å². The Labute approximate surface area is 175 Å². The first kappa shape index (κ1) is 23.4. The van der Waals surface area contributed by atoms with E-state index in [1.165, 1.54) is 0 Å². The van der Waals surface area contributed by atoms with E-state index in [2.05, 4.69) is 6.58 Å².